The molecule has 2 nitrogen and oxygen atoms in total. The van der Waals surface area contributed by atoms with Crippen LogP contribution in [0.2, 0.25) is 0 Å². The Kier molecular flexibility index (Phi) is 3.56. The van der Waals surface area contributed by atoms with Crippen molar-refractivity contribution < 1.29 is 9.47 Å². The lowest BCUT2D eigenvalue weighted by Crippen LogP contribution is -2.60. The van der Waals surface area contributed by atoms with Gasteiger partial charge in [0.1, 0.15) is 0 Å². The molecule has 1 saturated heterocycles. The van der Waals surface area contributed by atoms with Crippen molar-refractivity contribution in [1.29, 1.82) is 0 Å². The summed E-state index contributed by atoms with van der Waals surface area (Å²) >= 11 is 0. The largest absolute Gasteiger partial charge is 0.347 e. The third kappa shape index (κ3) is 2.21. The Morgan fingerprint density at radius 2 is 1.65 bits per heavy atom. The quantitative estimate of drug-likeness (QED) is 0.716. The van der Waals surface area contributed by atoms with E-state index < -0.39 is 5.79 Å². The molecule has 3 unspecified atom stereocenters. The molecular weight excluding hydrogens is 284 g/mol. The second kappa shape index (κ2) is 4.83. The standard InChI is InChI=1S/C21H32O2/c1-14-9-10-16-17(11-14)19(5,6)20(7,13-18(16,3)4)21(8)22-12-15(2)23-21/h9-11,15H,12-13H2,1-8H3. The maximum Gasteiger partial charge on any atom is 0.172 e. The first-order chi connectivity index (χ1) is 10.4. The van der Waals surface area contributed by atoms with E-state index in [2.05, 4.69) is 73.6 Å². The van der Waals surface area contributed by atoms with E-state index in [4.69, 9.17) is 9.47 Å². The van der Waals surface area contributed by atoms with Crippen molar-refractivity contribution in [1.82, 2.24) is 0 Å². The van der Waals surface area contributed by atoms with Gasteiger partial charge in [0.05, 0.1) is 12.7 Å². The van der Waals surface area contributed by atoms with Crippen molar-refractivity contribution in [3.63, 3.8) is 0 Å². The molecule has 1 aliphatic heterocycles. The minimum absolute atomic E-state index is 0.0251. The summed E-state index contributed by atoms with van der Waals surface area (Å²) in [5.74, 6) is -0.547. The zero-order valence-corrected chi connectivity index (χ0v) is 16.0. The number of aryl methyl sites for hydroxylation is 1. The van der Waals surface area contributed by atoms with E-state index in [1.54, 1.807) is 0 Å². The second-order valence-corrected chi connectivity index (χ2v) is 9.25. The molecule has 128 valence electrons. The van der Waals surface area contributed by atoms with Gasteiger partial charge in [-0.3, -0.25) is 0 Å². The Labute approximate surface area is 141 Å². The molecule has 0 amide bonds. The Bertz CT molecular complexity index is 631. The van der Waals surface area contributed by atoms with Gasteiger partial charge < -0.3 is 9.47 Å². The van der Waals surface area contributed by atoms with E-state index >= 15 is 0 Å². The summed E-state index contributed by atoms with van der Waals surface area (Å²) in [6, 6.07) is 6.94. The fraction of sp³-hybridized carbons (Fsp3) is 0.714. The van der Waals surface area contributed by atoms with E-state index in [0.29, 0.717) is 6.61 Å². The normalized spacial score (nSPS) is 38.3. The summed E-state index contributed by atoms with van der Waals surface area (Å²) in [7, 11) is 0. The Hall–Kier alpha value is -0.860. The maximum atomic E-state index is 6.34. The molecule has 0 spiro atoms. The Balaban J connectivity index is 2.21. The van der Waals surface area contributed by atoms with Crippen LogP contribution in [0, 0.1) is 12.3 Å². The SMILES string of the molecule is Cc1ccc2c(c1)C(C)(C)C(C)(C1(C)OCC(C)O1)CC2(C)C. The summed E-state index contributed by atoms with van der Waals surface area (Å²) in [6.07, 6.45) is 1.21. The van der Waals surface area contributed by atoms with Gasteiger partial charge in [-0.15, -0.1) is 0 Å². The summed E-state index contributed by atoms with van der Waals surface area (Å²) in [4.78, 5) is 0. The molecule has 3 atom stereocenters. The number of hydrogen-bond donors (Lipinski definition) is 0. The number of ether oxygens (including phenoxy) is 2. The van der Waals surface area contributed by atoms with E-state index in [1.807, 2.05) is 0 Å². The molecule has 23 heavy (non-hydrogen) atoms. The van der Waals surface area contributed by atoms with Crippen LogP contribution in [0.25, 0.3) is 0 Å². The maximum absolute atomic E-state index is 6.34. The van der Waals surface area contributed by atoms with Crippen LogP contribution in [0.1, 0.15) is 71.6 Å². The van der Waals surface area contributed by atoms with Gasteiger partial charge in [0.2, 0.25) is 0 Å². The van der Waals surface area contributed by atoms with Crippen LogP contribution < -0.4 is 0 Å². The van der Waals surface area contributed by atoms with Crippen molar-refractivity contribution in [3.05, 3.63) is 34.9 Å². The van der Waals surface area contributed by atoms with Crippen LogP contribution in [-0.4, -0.2) is 18.5 Å². The van der Waals surface area contributed by atoms with E-state index in [0.717, 1.165) is 6.42 Å². The second-order valence-electron chi connectivity index (χ2n) is 9.25. The number of benzene rings is 1. The van der Waals surface area contributed by atoms with E-state index in [1.165, 1.54) is 16.7 Å². The van der Waals surface area contributed by atoms with Gasteiger partial charge in [-0.25, -0.2) is 0 Å². The fourth-order valence-corrected chi connectivity index (χ4v) is 5.01. The van der Waals surface area contributed by atoms with Crippen molar-refractivity contribution >= 4 is 0 Å². The molecular formula is C21H32O2. The highest BCUT2D eigenvalue weighted by Crippen LogP contribution is 2.62. The summed E-state index contributed by atoms with van der Waals surface area (Å²) in [6.45, 7) is 18.9. The van der Waals surface area contributed by atoms with Gasteiger partial charge in [-0.05, 0) is 43.7 Å². The Morgan fingerprint density at radius 1 is 1.00 bits per heavy atom. The molecule has 2 heteroatoms. The highest BCUT2D eigenvalue weighted by molar-refractivity contribution is 5.46. The lowest BCUT2D eigenvalue weighted by Gasteiger charge is -2.59. The molecule has 0 N–H and O–H groups in total. The van der Waals surface area contributed by atoms with Crippen molar-refractivity contribution in [3.8, 4) is 0 Å². The first-order valence-corrected chi connectivity index (χ1v) is 8.86. The predicted molar refractivity (Wildman–Crippen MR) is 94.9 cm³/mol. The van der Waals surface area contributed by atoms with Crippen LogP contribution in [0.3, 0.4) is 0 Å². The summed E-state index contributed by atoms with van der Waals surface area (Å²) in [5, 5.41) is 0. The van der Waals surface area contributed by atoms with Gasteiger partial charge in [0.15, 0.2) is 5.79 Å². The molecule has 0 saturated carbocycles. The zero-order valence-electron chi connectivity index (χ0n) is 16.0. The van der Waals surface area contributed by atoms with Crippen LogP contribution in [0.4, 0.5) is 0 Å². The van der Waals surface area contributed by atoms with Crippen molar-refractivity contribution in [2.45, 2.75) is 84.5 Å². The molecule has 1 fully saturated rings. The molecule has 3 rings (SSSR count). The number of rotatable bonds is 1. The highest BCUT2D eigenvalue weighted by atomic mass is 16.7. The van der Waals surface area contributed by atoms with Crippen LogP contribution in [0.15, 0.2) is 18.2 Å². The van der Waals surface area contributed by atoms with Gasteiger partial charge in [0, 0.05) is 10.8 Å². The molecule has 1 aliphatic carbocycles. The molecule has 1 aromatic rings. The topological polar surface area (TPSA) is 18.5 Å². The fourth-order valence-electron chi connectivity index (χ4n) is 5.01. The van der Waals surface area contributed by atoms with E-state index in [9.17, 15) is 0 Å². The smallest absolute Gasteiger partial charge is 0.172 e. The van der Waals surface area contributed by atoms with E-state index in [-0.39, 0.29) is 22.3 Å². The summed E-state index contributed by atoms with van der Waals surface area (Å²) in [5.41, 5.74) is 4.22. The molecule has 2 aliphatic rings. The van der Waals surface area contributed by atoms with Crippen LogP contribution in [-0.2, 0) is 20.3 Å². The molecule has 0 aromatic heterocycles. The molecule has 0 radical (unpaired) electrons. The van der Waals surface area contributed by atoms with Crippen molar-refractivity contribution in [2.24, 2.45) is 5.41 Å². The lowest BCUT2D eigenvalue weighted by molar-refractivity contribution is -0.255. The third-order valence-corrected chi connectivity index (χ3v) is 6.77. The average molecular weight is 316 g/mol. The zero-order chi connectivity index (χ0) is 17.3. The first-order valence-electron chi connectivity index (χ1n) is 8.86. The minimum atomic E-state index is -0.547. The van der Waals surface area contributed by atoms with Gasteiger partial charge in [-0.1, -0.05) is 58.4 Å². The molecule has 1 aromatic carbocycles. The number of hydrogen-bond acceptors (Lipinski definition) is 2. The van der Waals surface area contributed by atoms with Gasteiger partial charge >= 0.3 is 0 Å². The Morgan fingerprint density at radius 3 is 2.22 bits per heavy atom. The van der Waals surface area contributed by atoms with Crippen LogP contribution >= 0.6 is 0 Å². The predicted octanol–water partition coefficient (Wildman–Crippen LogP) is 5.11. The number of fused-ring (bicyclic) bond motifs is 1. The van der Waals surface area contributed by atoms with Crippen LogP contribution in [0.5, 0.6) is 0 Å². The molecule has 1 heterocycles. The monoisotopic (exact) mass is 316 g/mol. The minimum Gasteiger partial charge on any atom is -0.347 e. The third-order valence-electron chi connectivity index (χ3n) is 6.77. The summed E-state index contributed by atoms with van der Waals surface area (Å²) < 4.78 is 12.6. The average Bonchev–Trinajstić information content (AvgIpc) is 2.77. The highest BCUT2D eigenvalue weighted by Gasteiger charge is 2.63. The molecule has 0 bridgehead atoms. The first kappa shape index (κ1) is 17.0. The lowest BCUT2D eigenvalue weighted by atomic mass is 9.48. The van der Waals surface area contributed by atoms with Gasteiger partial charge in [0.25, 0.3) is 0 Å². The van der Waals surface area contributed by atoms with Gasteiger partial charge in [-0.2, -0.15) is 0 Å². The van der Waals surface area contributed by atoms with Crippen molar-refractivity contribution in [2.75, 3.05) is 6.61 Å².